The molecule has 0 aromatic carbocycles. The first-order valence-corrected chi connectivity index (χ1v) is 7.08. The van der Waals surface area contributed by atoms with E-state index in [2.05, 4.69) is 15.7 Å². The van der Waals surface area contributed by atoms with Crippen LogP contribution in [0.5, 0.6) is 0 Å². The monoisotopic (exact) mass is 296 g/mol. The summed E-state index contributed by atoms with van der Waals surface area (Å²) in [4.78, 5) is 22.5. The van der Waals surface area contributed by atoms with E-state index in [-0.39, 0.29) is 18.4 Å². The Morgan fingerprint density at radius 1 is 1.38 bits per heavy atom. The van der Waals surface area contributed by atoms with Gasteiger partial charge in [0, 0.05) is 26.2 Å². The maximum atomic E-state index is 11.7. The van der Waals surface area contributed by atoms with Crippen LogP contribution >= 0.6 is 0 Å². The number of carbonyl (C=O) groups excluding carboxylic acids is 1. The van der Waals surface area contributed by atoms with Crippen molar-refractivity contribution in [3.8, 4) is 0 Å². The Hall–Kier alpha value is -2.05. The third-order valence-corrected chi connectivity index (χ3v) is 3.17. The average Bonchev–Trinajstić information content (AvgIpc) is 2.77. The van der Waals surface area contributed by atoms with E-state index in [0.29, 0.717) is 19.0 Å². The summed E-state index contributed by atoms with van der Waals surface area (Å²) in [7, 11) is 1.81. The van der Waals surface area contributed by atoms with Gasteiger partial charge in [0.15, 0.2) is 0 Å². The van der Waals surface area contributed by atoms with Crippen molar-refractivity contribution < 1.29 is 14.7 Å². The van der Waals surface area contributed by atoms with Crippen LogP contribution in [0.2, 0.25) is 0 Å². The molecule has 0 fully saturated rings. The number of aryl methyl sites for hydroxylation is 1. The van der Waals surface area contributed by atoms with Gasteiger partial charge in [0.05, 0.1) is 12.2 Å². The van der Waals surface area contributed by atoms with Crippen LogP contribution in [0.25, 0.3) is 0 Å². The van der Waals surface area contributed by atoms with Crippen LogP contribution in [-0.2, 0) is 18.4 Å². The molecule has 0 radical (unpaired) electrons. The number of aromatic nitrogens is 2. The Labute approximate surface area is 124 Å². The third-order valence-electron chi connectivity index (χ3n) is 3.17. The molecule has 1 aromatic rings. The fraction of sp³-hybridized carbons (Fsp3) is 0.643. The molecule has 0 aliphatic heterocycles. The molecule has 3 N–H and O–H groups in total. The highest BCUT2D eigenvalue weighted by atomic mass is 16.4. The fourth-order valence-electron chi connectivity index (χ4n) is 2.20. The molecule has 1 aromatic heterocycles. The van der Waals surface area contributed by atoms with E-state index >= 15 is 0 Å². The van der Waals surface area contributed by atoms with E-state index in [4.69, 9.17) is 5.11 Å². The summed E-state index contributed by atoms with van der Waals surface area (Å²) in [6.45, 7) is 4.83. The molecule has 7 heteroatoms. The summed E-state index contributed by atoms with van der Waals surface area (Å²) in [6, 6.07) is 1.53. The summed E-state index contributed by atoms with van der Waals surface area (Å²) < 4.78 is 1.69. The second-order valence-corrected chi connectivity index (χ2v) is 5.60. The highest BCUT2D eigenvalue weighted by Gasteiger charge is 2.16. The molecule has 118 valence electrons. The largest absolute Gasteiger partial charge is 0.481 e. The molecule has 1 heterocycles. The standard InChI is InChI=1S/C14H24N4O3/c1-10(2)6-11(7-13(19)20)8-15-14(21)16-9-12-4-5-17-18(12)3/h4-5,10-11H,6-9H2,1-3H3,(H,19,20)(H2,15,16,21)/t11-/m0/s1. The number of carbonyl (C=O) groups is 2. The molecule has 1 rings (SSSR count). The lowest BCUT2D eigenvalue weighted by molar-refractivity contribution is -0.138. The lowest BCUT2D eigenvalue weighted by atomic mass is 9.94. The van der Waals surface area contributed by atoms with Gasteiger partial charge in [0.25, 0.3) is 0 Å². The summed E-state index contributed by atoms with van der Waals surface area (Å²) in [5.74, 6) is -0.489. The molecule has 0 aliphatic rings. The number of aliphatic carboxylic acids is 1. The Morgan fingerprint density at radius 2 is 2.10 bits per heavy atom. The van der Waals surface area contributed by atoms with Crippen LogP contribution in [0.4, 0.5) is 4.79 Å². The number of amides is 2. The van der Waals surface area contributed by atoms with Gasteiger partial charge in [0.2, 0.25) is 0 Å². The molecule has 7 nitrogen and oxygen atoms in total. The SMILES string of the molecule is CC(C)C[C@H](CNC(=O)NCc1ccnn1C)CC(=O)O. The third kappa shape index (κ3) is 6.78. The molecule has 21 heavy (non-hydrogen) atoms. The minimum absolute atomic E-state index is 0.0510. The van der Waals surface area contributed by atoms with E-state index in [1.807, 2.05) is 19.9 Å². The van der Waals surface area contributed by atoms with E-state index in [1.165, 1.54) is 0 Å². The molecule has 0 aliphatic carbocycles. The number of carboxylic acid groups (broad SMARTS) is 1. The number of nitrogens with zero attached hydrogens (tertiary/aromatic N) is 2. The topological polar surface area (TPSA) is 96.3 Å². The summed E-state index contributed by atoms with van der Waals surface area (Å²) in [6.07, 6.45) is 2.51. The van der Waals surface area contributed by atoms with E-state index in [1.54, 1.807) is 17.9 Å². The lowest BCUT2D eigenvalue weighted by Crippen LogP contribution is -2.38. The average molecular weight is 296 g/mol. The molecular weight excluding hydrogens is 272 g/mol. The zero-order valence-electron chi connectivity index (χ0n) is 12.8. The number of hydrogen-bond acceptors (Lipinski definition) is 3. The van der Waals surface area contributed by atoms with Gasteiger partial charge in [-0.05, 0) is 24.3 Å². The van der Waals surface area contributed by atoms with Crippen molar-refractivity contribution in [3.63, 3.8) is 0 Å². The van der Waals surface area contributed by atoms with Crippen LogP contribution in [0.15, 0.2) is 12.3 Å². The van der Waals surface area contributed by atoms with E-state index in [0.717, 1.165) is 12.1 Å². The molecule has 2 amide bonds. The maximum absolute atomic E-state index is 11.7. The van der Waals surface area contributed by atoms with Crippen LogP contribution < -0.4 is 10.6 Å². The molecule has 0 saturated heterocycles. The Morgan fingerprint density at radius 3 is 2.62 bits per heavy atom. The second-order valence-electron chi connectivity index (χ2n) is 5.60. The van der Waals surface area contributed by atoms with Gasteiger partial charge >= 0.3 is 12.0 Å². The summed E-state index contributed by atoms with van der Waals surface area (Å²) >= 11 is 0. The predicted molar refractivity (Wildman–Crippen MR) is 78.6 cm³/mol. The van der Waals surface area contributed by atoms with Crippen molar-refractivity contribution in [2.45, 2.75) is 33.2 Å². The summed E-state index contributed by atoms with van der Waals surface area (Å²) in [5.41, 5.74) is 0.898. The molecule has 0 saturated carbocycles. The van der Waals surface area contributed by atoms with Gasteiger partial charge in [-0.25, -0.2) is 4.79 Å². The predicted octanol–water partition coefficient (Wildman–Crippen LogP) is 1.36. The highest BCUT2D eigenvalue weighted by Crippen LogP contribution is 2.14. The zero-order chi connectivity index (χ0) is 15.8. The summed E-state index contributed by atoms with van der Waals surface area (Å²) in [5, 5.41) is 18.4. The molecule has 0 bridgehead atoms. The van der Waals surface area contributed by atoms with Gasteiger partial charge in [-0.2, -0.15) is 5.10 Å². The smallest absolute Gasteiger partial charge is 0.315 e. The lowest BCUT2D eigenvalue weighted by Gasteiger charge is -2.18. The van der Waals surface area contributed by atoms with Crippen LogP contribution in [0, 0.1) is 11.8 Å². The van der Waals surface area contributed by atoms with Crippen molar-refractivity contribution in [1.82, 2.24) is 20.4 Å². The number of hydrogen-bond donors (Lipinski definition) is 3. The van der Waals surface area contributed by atoms with Gasteiger partial charge in [-0.15, -0.1) is 0 Å². The first-order valence-electron chi connectivity index (χ1n) is 7.08. The number of carboxylic acids is 1. The van der Waals surface area contributed by atoms with Gasteiger partial charge in [-0.1, -0.05) is 13.8 Å². The number of urea groups is 1. The highest BCUT2D eigenvalue weighted by molar-refractivity contribution is 5.74. The quantitative estimate of drug-likeness (QED) is 0.675. The molecule has 0 unspecified atom stereocenters. The number of rotatable bonds is 8. The zero-order valence-corrected chi connectivity index (χ0v) is 12.8. The van der Waals surface area contributed by atoms with Gasteiger partial charge < -0.3 is 15.7 Å². The van der Waals surface area contributed by atoms with Crippen molar-refractivity contribution in [2.75, 3.05) is 6.54 Å². The Balaban J connectivity index is 2.35. The molecule has 1 atom stereocenters. The van der Waals surface area contributed by atoms with Crippen molar-refractivity contribution in [2.24, 2.45) is 18.9 Å². The van der Waals surface area contributed by atoms with Gasteiger partial charge in [-0.3, -0.25) is 9.48 Å². The van der Waals surface area contributed by atoms with E-state index < -0.39 is 5.97 Å². The molecule has 0 spiro atoms. The Bertz CT molecular complexity index is 471. The van der Waals surface area contributed by atoms with E-state index in [9.17, 15) is 9.59 Å². The minimum atomic E-state index is -0.835. The van der Waals surface area contributed by atoms with Crippen LogP contribution in [0.3, 0.4) is 0 Å². The second kappa shape index (κ2) is 8.28. The first-order chi connectivity index (χ1) is 9.88. The van der Waals surface area contributed by atoms with Crippen molar-refractivity contribution in [3.05, 3.63) is 18.0 Å². The Kier molecular flexibility index (Phi) is 6.71. The van der Waals surface area contributed by atoms with Crippen LogP contribution in [-0.4, -0.2) is 33.4 Å². The maximum Gasteiger partial charge on any atom is 0.315 e. The van der Waals surface area contributed by atoms with Crippen molar-refractivity contribution in [1.29, 1.82) is 0 Å². The van der Waals surface area contributed by atoms with Gasteiger partial charge in [0.1, 0.15) is 0 Å². The van der Waals surface area contributed by atoms with Crippen LogP contribution in [0.1, 0.15) is 32.4 Å². The number of nitrogens with one attached hydrogen (secondary N) is 2. The van der Waals surface area contributed by atoms with Crippen molar-refractivity contribution >= 4 is 12.0 Å². The minimum Gasteiger partial charge on any atom is -0.481 e. The first kappa shape index (κ1) is 17.0. The normalized spacial score (nSPS) is 12.2. The molecular formula is C14H24N4O3. The fourth-order valence-corrected chi connectivity index (χ4v) is 2.20.